The molecule has 0 N–H and O–H groups in total. The lowest BCUT2D eigenvalue weighted by Gasteiger charge is -2.09. The van der Waals surface area contributed by atoms with E-state index in [1.54, 1.807) is 0 Å². The van der Waals surface area contributed by atoms with Gasteiger partial charge in [0.15, 0.2) is 0 Å². The van der Waals surface area contributed by atoms with E-state index in [4.69, 9.17) is 15.4 Å². The average Bonchev–Trinajstić information content (AvgIpc) is 2.26. The normalized spacial score (nSPS) is 11.7. The Kier molecular flexibility index (Phi) is 5.97. The maximum atomic E-state index is 13.5. The molecule has 0 saturated carbocycles. The van der Waals surface area contributed by atoms with Gasteiger partial charge in [-0.15, -0.1) is 0 Å². The lowest BCUT2D eigenvalue weighted by molar-refractivity contribution is 0.0486. The third kappa shape index (κ3) is 4.71. The average molecular weight is 388 g/mol. The van der Waals surface area contributed by atoms with E-state index >= 15 is 0 Å². The van der Waals surface area contributed by atoms with Crippen molar-refractivity contribution in [2.45, 2.75) is 25.2 Å². The second kappa shape index (κ2) is 6.87. The molecule has 0 aromatic heterocycles. The van der Waals surface area contributed by atoms with Gasteiger partial charge in [0.25, 0.3) is 9.05 Å². The minimum atomic E-state index is -4.27. The molecule has 0 heterocycles. The van der Waals surface area contributed by atoms with Crippen LogP contribution in [0.25, 0.3) is 0 Å². The Morgan fingerprint density at radius 1 is 1.45 bits per heavy atom. The van der Waals surface area contributed by atoms with E-state index < -0.39 is 25.7 Å². The van der Waals surface area contributed by atoms with Gasteiger partial charge in [0.05, 0.1) is 12.2 Å². The summed E-state index contributed by atoms with van der Waals surface area (Å²) in [6.07, 6.45) is 0.672. The molecule has 1 aromatic carbocycles. The monoisotopic (exact) mass is 386 g/mol. The number of halogens is 3. The number of carbonyl (C=O) groups is 1. The summed E-state index contributed by atoms with van der Waals surface area (Å²) in [6.45, 7) is 4.14. The zero-order valence-electron chi connectivity index (χ0n) is 10.8. The summed E-state index contributed by atoms with van der Waals surface area (Å²) >= 11 is 2.99. The molecule has 0 spiro atoms. The Morgan fingerprint density at radius 2 is 2.05 bits per heavy atom. The van der Waals surface area contributed by atoms with Crippen molar-refractivity contribution >= 4 is 41.6 Å². The highest BCUT2D eigenvalue weighted by Crippen LogP contribution is 2.27. The van der Waals surface area contributed by atoms with Crippen LogP contribution in [-0.4, -0.2) is 21.0 Å². The summed E-state index contributed by atoms with van der Waals surface area (Å²) in [5, 5.41) is 0. The molecule has 0 bridgehead atoms. The van der Waals surface area contributed by atoms with Crippen molar-refractivity contribution in [3.05, 3.63) is 28.0 Å². The molecule has 0 saturated heterocycles. The fourth-order valence-corrected chi connectivity index (χ4v) is 2.72. The van der Waals surface area contributed by atoms with E-state index in [1.807, 2.05) is 13.8 Å². The van der Waals surface area contributed by atoms with Crippen LogP contribution >= 0.6 is 26.6 Å². The molecular weight excluding hydrogens is 375 g/mol. The Bertz CT molecular complexity index is 616. The van der Waals surface area contributed by atoms with E-state index in [-0.39, 0.29) is 16.6 Å². The lowest BCUT2D eigenvalue weighted by Crippen LogP contribution is -2.10. The number of ether oxygens (including phenoxy) is 1. The molecule has 0 radical (unpaired) electrons. The predicted molar refractivity (Wildman–Crippen MR) is 76.9 cm³/mol. The van der Waals surface area contributed by atoms with Crippen molar-refractivity contribution < 1.29 is 22.3 Å². The number of rotatable bonds is 5. The molecule has 1 aromatic rings. The molecule has 1 rings (SSSR count). The number of hydrogen-bond acceptors (Lipinski definition) is 4. The highest BCUT2D eigenvalue weighted by Gasteiger charge is 2.22. The van der Waals surface area contributed by atoms with Crippen molar-refractivity contribution in [3.8, 4) is 0 Å². The molecule has 0 aliphatic carbocycles. The van der Waals surface area contributed by atoms with Crippen molar-refractivity contribution in [1.82, 2.24) is 0 Å². The minimum absolute atomic E-state index is 0.0885. The molecular formula is C12H13BrClFO4S. The van der Waals surface area contributed by atoms with Gasteiger partial charge >= 0.3 is 5.97 Å². The second-order valence-corrected chi connectivity index (χ2v) is 7.91. The molecule has 8 heteroatoms. The van der Waals surface area contributed by atoms with E-state index in [2.05, 4.69) is 15.9 Å². The van der Waals surface area contributed by atoms with Gasteiger partial charge in [0.2, 0.25) is 0 Å². The van der Waals surface area contributed by atoms with E-state index in [0.717, 1.165) is 12.1 Å². The first-order valence-corrected chi connectivity index (χ1v) is 8.84. The van der Waals surface area contributed by atoms with Gasteiger partial charge in [-0.3, -0.25) is 0 Å². The van der Waals surface area contributed by atoms with Crippen LogP contribution in [0.3, 0.4) is 0 Å². The summed E-state index contributed by atoms with van der Waals surface area (Å²) in [6, 6.07) is 1.73. The van der Waals surface area contributed by atoms with Crippen molar-refractivity contribution in [1.29, 1.82) is 0 Å². The summed E-state index contributed by atoms with van der Waals surface area (Å²) in [4.78, 5) is 11.1. The van der Waals surface area contributed by atoms with Gasteiger partial charge in [0.1, 0.15) is 10.7 Å². The van der Waals surface area contributed by atoms with E-state index in [1.165, 1.54) is 0 Å². The highest BCUT2D eigenvalue weighted by atomic mass is 79.9. The third-order valence-electron chi connectivity index (χ3n) is 2.43. The van der Waals surface area contributed by atoms with Gasteiger partial charge in [-0.2, -0.15) is 0 Å². The summed E-state index contributed by atoms with van der Waals surface area (Å²) in [5.41, 5.74) is -0.0885. The van der Waals surface area contributed by atoms with Crippen molar-refractivity contribution in [2.24, 2.45) is 5.92 Å². The zero-order chi connectivity index (χ0) is 15.5. The van der Waals surface area contributed by atoms with Crippen molar-refractivity contribution in [3.63, 3.8) is 0 Å². The van der Waals surface area contributed by atoms with Crippen LogP contribution in [0.1, 0.15) is 30.6 Å². The van der Waals surface area contributed by atoms with E-state index in [0.29, 0.717) is 12.3 Å². The van der Waals surface area contributed by atoms with Crippen LogP contribution in [0.4, 0.5) is 4.39 Å². The smallest absolute Gasteiger partial charge is 0.339 e. The van der Waals surface area contributed by atoms with Crippen LogP contribution in [0, 0.1) is 11.7 Å². The second-order valence-electron chi connectivity index (χ2n) is 4.52. The Hall–Kier alpha value is -0.660. The van der Waals surface area contributed by atoms with Gasteiger partial charge in [-0.1, -0.05) is 13.8 Å². The van der Waals surface area contributed by atoms with Crippen molar-refractivity contribution in [2.75, 3.05) is 6.61 Å². The first-order chi connectivity index (χ1) is 9.12. The standard InChI is InChI=1S/C12H13BrClFO4S/c1-7(2)3-4-19-12(16)8-5-11(20(14,17)18)10(15)6-9(8)13/h5-7H,3-4H2,1-2H3. The molecule has 112 valence electrons. The Morgan fingerprint density at radius 3 is 2.55 bits per heavy atom. The lowest BCUT2D eigenvalue weighted by atomic mass is 10.1. The molecule has 0 fully saturated rings. The molecule has 0 amide bonds. The first-order valence-electron chi connectivity index (χ1n) is 5.73. The fourth-order valence-electron chi connectivity index (χ4n) is 1.34. The van der Waals surface area contributed by atoms with Gasteiger partial charge < -0.3 is 4.74 Å². The van der Waals surface area contributed by atoms with Crippen LogP contribution < -0.4 is 0 Å². The number of hydrogen-bond donors (Lipinski definition) is 0. The molecule has 20 heavy (non-hydrogen) atoms. The molecule has 0 atom stereocenters. The number of carbonyl (C=O) groups excluding carboxylic acids is 1. The van der Waals surface area contributed by atoms with Gasteiger partial charge in [-0.05, 0) is 40.4 Å². The number of benzene rings is 1. The Balaban J connectivity index is 3.04. The van der Waals surface area contributed by atoms with Gasteiger partial charge in [0, 0.05) is 15.2 Å². The maximum Gasteiger partial charge on any atom is 0.339 e. The maximum absolute atomic E-state index is 13.5. The SMILES string of the molecule is CC(C)CCOC(=O)c1cc(S(=O)(=O)Cl)c(F)cc1Br. The quantitative estimate of drug-likeness (QED) is 0.571. The molecule has 4 nitrogen and oxygen atoms in total. The fraction of sp³-hybridized carbons (Fsp3) is 0.417. The topological polar surface area (TPSA) is 60.4 Å². The summed E-state index contributed by atoms with van der Waals surface area (Å²) in [7, 11) is 0.832. The minimum Gasteiger partial charge on any atom is -0.462 e. The molecule has 0 aliphatic rings. The first kappa shape index (κ1) is 17.4. The Labute approximate surface area is 129 Å². The van der Waals surface area contributed by atoms with Crippen LogP contribution in [0.5, 0.6) is 0 Å². The highest BCUT2D eigenvalue weighted by molar-refractivity contribution is 9.10. The molecule has 0 unspecified atom stereocenters. The largest absolute Gasteiger partial charge is 0.462 e. The zero-order valence-corrected chi connectivity index (χ0v) is 14.0. The van der Waals surface area contributed by atoms with Gasteiger partial charge in [-0.25, -0.2) is 17.6 Å². The van der Waals surface area contributed by atoms with Crippen LogP contribution in [0.15, 0.2) is 21.5 Å². The summed E-state index contributed by atoms with van der Waals surface area (Å²) < 4.78 is 41.0. The number of esters is 1. The van der Waals surface area contributed by atoms with Crippen LogP contribution in [0.2, 0.25) is 0 Å². The van der Waals surface area contributed by atoms with Crippen LogP contribution in [-0.2, 0) is 13.8 Å². The molecule has 0 aliphatic heterocycles. The van der Waals surface area contributed by atoms with E-state index in [9.17, 15) is 17.6 Å². The third-order valence-corrected chi connectivity index (χ3v) is 4.43. The summed E-state index contributed by atoms with van der Waals surface area (Å²) in [5.74, 6) is -1.41. The predicted octanol–water partition coefficient (Wildman–Crippen LogP) is 3.72.